The van der Waals surface area contributed by atoms with Crippen LogP contribution < -0.4 is 25.2 Å². The minimum absolute atomic E-state index is 0.0740. The summed E-state index contributed by atoms with van der Waals surface area (Å²) in [7, 11) is 0. The van der Waals surface area contributed by atoms with Gasteiger partial charge in [0.25, 0.3) is 5.91 Å². The van der Waals surface area contributed by atoms with Crippen molar-refractivity contribution in [2.24, 2.45) is 0 Å². The maximum Gasteiger partial charge on any atom is 0.268 e. The molecule has 2 aliphatic rings. The highest BCUT2D eigenvalue weighted by Gasteiger charge is 2.31. The molecule has 1 atom stereocenters. The number of aromatic nitrogens is 2. The van der Waals surface area contributed by atoms with E-state index in [4.69, 9.17) is 39.5 Å². The van der Waals surface area contributed by atoms with Gasteiger partial charge in [-0.15, -0.1) is 0 Å². The SMILES string of the molecule is C[C@@H]1CN(c2ccc(Nc3ncc4c(n3)OCN(c3c(Cl)cccc3Cl)C4=O)cc2Cl)CCN1. The Kier molecular flexibility index (Phi) is 6.40. The molecule has 1 aromatic heterocycles. The zero-order chi connectivity index (χ0) is 23.8. The summed E-state index contributed by atoms with van der Waals surface area (Å²) < 4.78 is 5.74. The van der Waals surface area contributed by atoms with E-state index in [0.717, 1.165) is 31.0 Å². The maximum atomic E-state index is 13.0. The van der Waals surface area contributed by atoms with Gasteiger partial charge in [-0.05, 0) is 37.3 Å². The molecule has 0 saturated carbocycles. The number of benzene rings is 2. The Balaban J connectivity index is 1.34. The third-order valence-corrected chi connectivity index (χ3v) is 6.59. The van der Waals surface area contributed by atoms with Crippen molar-refractivity contribution in [3.05, 3.63) is 63.2 Å². The van der Waals surface area contributed by atoms with E-state index < -0.39 is 0 Å². The van der Waals surface area contributed by atoms with Crippen molar-refractivity contribution in [1.29, 1.82) is 0 Å². The fourth-order valence-electron chi connectivity index (χ4n) is 4.05. The Hall–Kier alpha value is -2.78. The molecule has 8 nitrogen and oxygen atoms in total. The number of hydrogen-bond donors (Lipinski definition) is 2. The highest BCUT2D eigenvalue weighted by atomic mass is 35.5. The Morgan fingerprint density at radius 1 is 1.15 bits per heavy atom. The summed E-state index contributed by atoms with van der Waals surface area (Å²) in [5.74, 6) is 0.121. The summed E-state index contributed by atoms with van der Waals surface area (Å²) in [4.78, 5) is 25.3. The number of para-hydroxylation sites is 1. The molecule has 1 fully saturated rings. The van der Waals surface area contributed by atoms with E-state index in [-0.39, 0.29) is 30.0 Å². The first kappa shape index (κ1) is 23.0. The summed E-state index contributed by atoms with van der Waals surface area (Å²) in [6.45, 7) is 4.78. The number of ether oxygens (including phenoxy) is 1. The molecule has 176 valence electrons. The molecule has 0 radical (unpaired) electrons. The third-order valence-electron chi connectivity index (χ3n) is 5.68. The number of amides is 1. The van der Waals surface area contributed by atoms with Gasteiger partial charge in [-0.3, -0.25) is 9.69 Å². The van der Waals surface area contributed by atoms with E-state index in [9.17, 15) is 4.79 Å². The Bertz CT molecular complexity index is 1240. The fourth-order valence-corrected chi connectivity index (χ4v) is 4.95. The lowest BCUT2D eigenvalue weighted by molar-refractivity contribution is 0.0932. The molecule has 2 aliphatic heterocycles. The van der Waals surface area contributed by atoms with Crippen molar-refractivity contribution >= 4 is 63.7 Å². The highest BCUT2D eigenvalue weighted by Crippen LogP contribution is 2.37. The lowest BCUT2D eigenvalue weighted by Crippen LogP contribution is -2.49. The molecule has 1 saturated heterocycles. The number of anilines is 4. The van der Waals surface area contributed by atoms with Gasteiger partial charge in [0, 0.05) is 37.6 Å². The molecular formula is C23H21Cl3N6O2. The smallest absolute Gasteiger partial charge is 0.268 e. The van der Waals surface area contributed by atoms with E-state index >= 15 is 0 Å². The Morgan fingerprint density at radius 3 is 2.68 bits per heavy atom. The van der Waals surface area contributed by atoms with Gasteiger partial charge in [0.1, 0.15) is 5.56 Å². The number of fused-ring (bicyclic) bond motifs is 1. The number of rotatable bonds is 4. The van der Waals surface area contributed by atoms with Crippen molar-refractivity contribution in [2.45, 2.75) is 13.0 Å². The fraction of sp³-hybridized carbons (Fsp3) is 0.261. The Morgan fingerprint density at radius 2 is 1.94 bits per heavy atom. The number of carbonyl (C=O) groups excluding carboxylic acids is 1. The van der Waals surface area contributed by atoms with Crippen LogP contribution in [0.5, 0.6) is 5.88 Å². The molecule has 5 rings (SSSR count). The summed E-state index contributed by atoms with van der Waals surface area (Å²) in [5, 5.41) is 7.88. The van der Waals surface area contributed by atoms with Crippen LogP contribution in [0.3, 0.4) is 0 Å². The van der Waals surface area contributed by atoms with Gasteiger partial charge in [-0.2, -0.15) is 4.98 Å². The van der Waals surface area contributed by atoms with Crippen LogP contribution >= 0.6 is 34.8 Å². The summed E-state index contributed by atoms with van der Waals surface area (Å²) in [6, 6.07) is 11.2. The predicted molar refractivity (Wildman–Crippen MR) is 135 cm³/mol. The molecule has 34 heavy (non-hydrogen) atoms. The molecule has 0 unspecified atom stereocenters. The number of piperazine rings is 1. The molecule has 2 N–H and O–H groups in total. The second-order valence-corrected chi connectivity index (χ2v) is 9.30. The van der Waals surface area contributed by atoms with Gasteiger partial charge in [-0.25, -0.2) is 4.98 Å². The number of hydrogen-bond acceptors (Lipinski definition) is 7. The first-order valence-corrected chi connectivity index (χ1v) is 11.8. The van der Waals surface area contributed by atoms with E-state index in [0.29, 0.717) is 26.8 Å². The summed E-state index contributed by atoms with van der Waals surface area (Å²) >= 11 is 19.1. The minimum atomic E-state index is -0.347. The van der Waals surface area contributed by atoms with Crippen LogP contribution in [0.2, 0.25) is 15.1 Å². The number of carbonyl (C=O) groups is 1. The zero-order valence-corrected chi connectivity index (χ0v) is 20.5. The average Bonchev–Trinajstić information content (AvgIpc) is 2.80. The molecule has 3 heterocycles. The van der Waals surface area contributed by atoms with Crippen molar-refractivity contribution in [2.75, 3.05) is 41.5 Å². The van der Waals surface area contributed by atoms with Crippen LogP contribution in [0.1, 0.15) is 17.3 Å². The van der Waals surface area contributed by atoms with Crippen LogP contribution in [0, 0.1) is 0 Å². The highest BCUT2D eigenvalue weighted by molar-refractivity contribution is 6.40. The van der Waals surface area contributed by atoms with E-state index in [1.165, 1.54) is 11.1 Å². The normalized spacial score (nSPS) is 17.9. The second-order valence-electron chi connectivity index (χ2n) is 8.08. The lowest BCUT2D eigenvalue weighted by Gasteiger charge is -2.34. The number of halogens is 3. The molecule has 0 bridgehead atoms. The van der Waals surface area contributed by atoms with Crippen molar-refractivity contribution < 1.29 is 9.53 Å². The van der Waals surface area contributed by atoms with E-state index in [1.807, 2.05) is 18.2 Å². The van der Waals surface area contributed by atoms with Crippen LogP contribution in [0.4, 0.5) is 23.0 Å². The molecular weight excluding hydrogens is 499 g/mol. The van der Waals surface area contributed by atoms with Gasteiger partial charge in [-0.1, -0.05) is 40.9 Å². The maximum absolute atomic E-state index is 13.0. The summed E-state index contributed by atoms with van der Waals surface area (Å²) in [6.07, 6.45) is 1.42. The van der Waals surface area contributed by atoms with Gasteiger partial charge in [0.2, 0.25) is 11.8 Å². The second kappa shape index (κ2) is 9.46. The standard InChI is InChI=1S/C23H21Cl3N6O2/c1-13-11-31(8-7-27-13)19-6-5-14(9-18(19)26)29-23-28-10-15-21(30-23)34-12-32(22(15)33)20-16(24)3-2-4-17(20)25/h2-6,9-10,13,27H,7-8,11-12H2,1H3,(H,28,29,30)/t13-/m1/s1. The topological polar surface area (TPSA) is 82.6 Å². The zero-order valence-electron chi connectivity index (χ0n) is 18.2. The van der Waals surface area contributed by atoms with Crippen molar-refractivity contribution in [3.63, 3.8) is 0 Å². The molecule has 2 aromatic carbocycles. The molecule has 0 aliphatic carbocycles. The minimum Gasteiger partial charge on any atom is -0.455 e. The first-order valence-electron chi connectivity index (χ1n) is 10.7. The van der Waals surface area contributed by atoms with Crippen LogP contribution in [-0.4, -0.2) is 48.3 Å². The van der Waals surface area contributed by atoms with E-state index in [2.05, 4.69) is 32.4 Å². The average molecular weight is 520 g/mol. The third kappa shape index (κ3) is 4.46. The Labute approximate surface area is 211 Å². The molecule has 3 aromatic rings. The monoisotopic (exact) mass is 518 g/mol. The van der Waals surface area contributed by atoms with E-state index in [1.54, 1.807) is 18.2 Å². The van der Waals surface area contributed by atoms with Crippen LogP contribution in [-0.2, 0) is 0 Å². The van der Waals surface area contributed by atoms with Gasteiger partial charge >= 0.3 is 0 Å². The number of nitrogens with one attached hydrogen (secondary N) is 2. The van der Waals surface area contributed by atoms with Gasteiger partial charge in [0.05, 0.1) is 26.4 Å². The molecule has 11 heteroatoms. The number of nitrogens with zero attached hydrogens (tertiary/aromatic N) is 4. The van der Waals surface area contributed by atoms with Crippen LogP contribution in [0.25, 0.3) is 0 Å². The lowest BCUT2D eigenvalue weighted by atomic mass is 10.2. The first-order chi connectivity index (χ1) is 16.4. The quantitative estimate of drug-likeness (QED) is 0.503. The van der Waals surface area contributed by atoms with Crippen LogP contribution in [0.15, 0.2) is 42.6 Å². The van der Waals surface area contributed by atoms with Gasteiger partial charge < -0.3 is 20.3 Å². The van der Waals surface area contributed by atoms with Crippen molar-refractivity contribution in [1.82, 2.24) is 15.3 Å². The van der Waals surface area contributed by atoms with Gasteiger partial charge in [0.15, 0.2) is 6.73 Å². The predicted octanol–water partition coefficient (Wildman–Crippen LogP) is 4.98. The summed E-state index contributed by atoms with van der Waals surface area (Å²) in [5.41, 5.74) is 2.31. The molecule has 0 spiro atoms. The largest absolute Gasteiger partial charge is 0.455 e. The van der Waals surface area contributed by atoms with Crippen molar-refractivity contribution in [3.8, 4) is 5.88 Å². The molecule has 1 amide bonds.